The number of H-pyrrole nitrogens is 1. The van der Waals surface area contributed by atoms with Gasteiger partial charge in [0.2, 0.25) is 23.6 Å². The standard InChI is InChI=1S/C51H61FN12O11/c1-31(2)46(59-43(66)9-5-4-6-23-63-44(67)20-21-45(63)68)48(70)58-42(8-7-22-54-49(53)71)47(69)57-36-16-12-34(13-17-36)30-74-50(72)62(28-37-25-56-61-60-37)27-33-10-14-35(15-11-33)40-19-18-38(24-41(40)52)64-29-39(75-51(64)73)26-55-32(3)65/h10-21,24-25,31,39,42,46H,4-9,22-23,26-30H2,1-3H3,(H,55,65)(H,57,69)(H,58,70)(H,59,66)(H3,53,54,71)(H,56,60,61)/t39-,42?,46-/m0/s1. The highest BCUT2D eigenvalue weighted by Gasteiger charge is 2.33. The second-order valence-electron chi connectivity index (χ2n) is 18.2. The number of aromatic amines is 1. The molecular weight excluding hydrogens is 976 g/mol. The maximum Gasteiger partial charge on any atom is 0.414 e. The molecule has 1 unspecified atom stereocenters. The van der Waals surface area contributed by atoms with Crippen molar-refractivity contribution in [2.75, 3.05) is 36.4 Å². The van der Waals surface area contributed by atoms with Crippen molar-refractivity contribution < 1.29 is 57.0 Å². The van der Waals surface area contributed by atoms with E-state index in [2.05, 4.69) is 42.0 Å². The number of carbonyl (C=O) groups excluding carboxylic acids is 9. The van der Waals surface area contributed by atoms with Gasteiger partial charge in [0.1, 0.15) is 36.3 Å². The molecule has 24 heteroatoms. The summed E-state index contributed by atoms with van der Waals surface area (Å²) in [5.41, 5.74) is 8.45. The number of hydrogen-bond acceptors (Lipinski definition) is 13. The first kappa shape index (κ1) is 55.6. The molecule has 0 bridgehead atoms. The highest BCUT2D eigenvalue weighted by Crippen LogP contribution is 2.30. The molecule has 23 nitrogen and oxygen atoms in total. The van der Waals surface area contributed by atoms with Crippen LogP contribution in [-0.4, -0.2) is 123 Å². The van der Waals surface area contributed by atoms with E-state index in [1.807, 2.05) is 0 Å². The minimum Gasteiger partial charge on any atom is -0.445 e. The predicted molar refractivity (Wildman–Crippen MR) is 269 cm³/mol. The average Bonchev–Trinajstić information content (AvgIpc) is 4.12. The van der Waals surface area contributed by atoms with Crippen molar-refractivity contribution in [3.63, 3.8) is 0 Å². The number of imide groups is 1. The number of anilines is 2. The number of nitrogens with one attached hydrogen (secondary N) is 6. The summed E-state index contributed by atoms with van der Waals surface area (Å²) < 4.78 is 26.5. The number of cyclic esters (lactones) is 1. The highest BCUT2D eigenvalue weighted by molar-refractivity contribution is 6.12. The number of ether oxygens (including phenoxy) is 2. The highest BCUT2D eigenvalue weighted by atomic mass is 19.1. The van der Waals surface area contributed by atoms with Gasteiger partial charge in [0, 0.05) is 56.4 Å². The minimum absolute atomic E-state index is 0.0381. The van der Waals surface area contributed by atoms with E-state index in [0.29, 0.717) is 53.0 Å². The van der Waals surface area contributed by atoms with Crippen molar-refractivity contribution in [1.82, 2.24) is 46.5 Å². The largest absolute Gasteiger partial charge is 0.445 e. The van der Waals surface area contributed by atoms with Gasteiger partial charge in [0.25, 0.3) is 11.8 Å². The Balaban J connectivity index is 1.02. The first-order valence-corrected chi connectivity index (χ1v) is 24.4. The number of urea groups is 1. The summed E-state index contributed by atoms with van der Waals surface area (Å²) in [5, 5.41) is 23.8. The molecule has 398 valence electrons. The van der Waals surface area contributed by atoms with Crippen molar-refractivity contribution in [3.8, 4) is 11.1 Å². The van der Waals surface area contributed by atoms with Crippen LogP contribution in [0.5, 0.6) is 0 Å². The fraction of sp³-hybridized carbons (Fsp3) is 0.392. The van der Waals surface area contributed by atoms with Crippen LogP contribution in [0.15, 0.2) is 85.1 Å². The molecule has 1 saturated heterocycles. The fourth-order valence-corrected chi connectivity index (χ4v) is 8.06. The Bertz CT molecular complexity index is 2700. The zero-order valence-electron chi connectivity index (χ0n) is 41.8. The molecular formula is C51H61FN12O11. The van der Waals surface area contributed by atoms with Gasteiger partial charge in [0.15, 0.2) is 0 Å². The van der Waals surface area contributed by atoms with Gasteiger partial charge in [-0.05, 0) is 78.6 Å². The number of hydrogen-bond donors (Lipinski definition) is 7. The van der Waals surface area contributed by atoms with Crippen LogP contribution >= 0.6 is 0 Å². The molecule has 1 fully saturated rings. The van der Waals surface area contributed by atoms with Gasteiger partial charge in [-0.15, -0.1) is 0 Å². The summed E-state index contributed by atoms with van der Waals surface area (Å²) in [7, 11) is 0. The van der Waals surface area contributed by atoms with Crippen molar-refractivity contribution in [2.45, 2.75) is 97.2 Å². The summed E-state index contributed by atoms with van der Waals surface area (Å²) in [6.07, 6.45) is 4.02. The molecule has 4 aromatic rings. The summed E-state index contributed by atoms with van der Waals surface area (Å²) in [6.45, 7) is 5.49. The number of nitrogens with zero attached hydrogens (tertiary/aromatic N) is 5. The normalized spacial score (nSPS) is 14.8. The molecule has 8 N–H and O–H groups in total. The monoisotopic (exact) mass is 1040 g/mol. The molecule has 3 heterocycles. The third-order valence-corrected chi connectivity index (χ3v) is 12.1. The van der Waals surface area contributed by atoms with Crippen LogP contribution in [0.2, 0.25) is 0 Å². The van der Waals surface area contributed by atoms with E-state index in [-0.39, 0.29) is 100 Å². The van der Waals surface area contributed by atoms with Crippen molar-refractivity contribution >= 4 is 65.0 Å². The lowest BCUT2D eigenvalue weighted by molar-refractivity contribution is -0.137. The van der Waals surface area contributed by atoms with Crippen LogP contribution in [-0.2, 0) is 57.9 Å². The lowest BCUT2D eigenvalue weighted by Crippen LogP contribution is -2.54. The van der Waals surface area contributed by atoms with Crippen molar-refractivity contribution in [3.05, 3.63) is 108 Å². The van der Waals surface area contributed by atoms with Gasteiger partial charge in [0.05, 0.1) is 31.5 Å². The molecule has 0 aliphatic carbocycles. The lowest BCUT2D eigenvalue weighted by atomic mass is 10.0. The number of carbonyl (C=O) groups is 9. The van der Waals surface area contributed by atoms with E-state index in [4.69, 9.17) is 15.2 Å². The Labute approximate surface area is 431 Å². The Morgan fingerprint density at radius 1 is 0.880 bits per heavy atom. The van der Waals surface area contributed by atoms with E-state index in [9.17, 15) is 43.2 Å². The quantitative estimate of drug-likeness (QED) is 0.0347. The number of unbranched alkanes of at least 4 members (excludes halogenated alkanes) is 2. The van der Waals surface area contributed by atoms with Gasteiger partial charge < -0.3 is 41.8 Å². The fourth-order valence-electron chi connectivity index (χ4n) is 8.06. The molecule has 2 aliphatic heterocycles. The van der Waals surface area contributed by atoms with Gasteiger partial charge in [-0.1, -0.05) is 56.7 Å². The van der Waals surface area contributed by atoms with E-state index < -0.39 is 54.0 Å². The lowest BCUT2D eigenvalue weighted by Gasteiger charge is -2.25. The molecule has 0 saturated carbocycles. The van der Waals surface area contributed by atoms with Gasteiger partial charge in [-0.25, -0.2) is 18.8 Å². The molecule has 1 aromatic heterocycles. The first-order chi connectivity index (χ1) is 35.9. The number of rotatable bonds is 26. The molecule has 3 aromatic carbocycles. The summed E-state index contributed by atoms with van der Waals surface area (Å²) in [5.74, 6) is -3.46. The Morgan fingerprint density at radius 2 is 1.60 bits per heavy atom. The number of aromatic nitrogens is 3. The zero-order valence-corrected chi connectivity index (χ0v) is 41.8. The average molecular weight is 1040 g/mol. The minimum atomic E-state index is -1.09. The number of halogens is 1. The van der Waals surface area contributed by atoms with Crippen molar-refractivity contribution in [1.29, 1.82) is 0 Å². The molecule has 10 amide bonds. The SMILES string of the molecule is CC(=O)NC[C@H]1CN(c2ccc(-c3ccc(CN(Cc4cn[nH]n4)C(=O)OCc4ccc(NC(=O)C(CCCNC(N)=O)NC(=O)[C@@H](NC(=O)CCCCCN5C(=O)C=CC5=O)C(C)C)cc4)cc3)c(F)c2)C(=O)O1. The maximum absolute atomic E-state index is 15.5. The number of nitrogens with two attached hydrogens (primary N) is 1. The van der Waals surface area contributed by atoms with Crippen LogP contribution in [0.1, 0.15) is 76.1 Å². The van der Waals surface area contributed by atoms with Gasteiger partial charge in [-0.2, -0.15) is 15.4 Å². The summed E-state index contributed by atoms with van der Waals surface area (Å²) >= 11 is 0. The van der Waals surface area contributed by atoms with Gasteiger partial charge in [-0.3, -0.25) is 43.5 Å². The Morgan fingerprint density at radius 3 is 2.25 bits per heavy atom. The maximum atomic E-state index is 15.5. The van der Waals surface area contributed by atoms with Crippen LogP contribution in [0.3, 0.4) is 0 Å². The molecule has 3 atom stereocenters. The van der Waals surface area contributed by atoms with Crippen LogP contribution < -0.4 is 37.2 Å². The van der Waals surface area contributed by atoms with Crippen LogP contribution in [0.4, 0.5) is 30.1 Å². The van der Waals surface area contributed by atoms with Crippen LogP contribution in [0.25, 0.3) is 11.1 Å². The number of primary amides is 1. The molecule has 6 rings (SSSR count). The Hall–Kier alpha value is -8.70. The van der Waals surface area contributed by atoms with Crippen molar-refractivity contribution in [2.24, 2.45) is 11.7 Å². The van der Waals surface area contributed by atoms with Gasteiger partial charge >= 0.3 is 18.2 Å². The second-order valence-corrected chi connectivity index (χ2v) is 18.2. The molecule has 2 aliphatic rings. The topological polar surface area (TPSA) is 310 Å². The summed E-state index contributed by atoms with van der Waals surface area (Å²) in [4.78, 5) is 116. The predicted octanol–water partition coefficient (Wildman–Crippen LogP) is 3.91. The van der Waals surface area contributed by atoms with E-state index >= 15 is 4.39 Å². The first-order valence-electron chi connectivity index (χ1n) is 24.4. The van der Waals surface area contributed by atoms with E-state index in [1.54, 1.807) is 74.5 Å². The Kier molecular flexibility index (Phi) is 19.9. The molecule has 0 spiro atoms. The van der Waals surface area contributed by atoms with Crippen LogP contribution in [0, 0.1) is 11.7 Å². The zero-order chi connectivity index (χ0) is 54.0. The molecule has 75 heavy (non-hydrogen) atoms. The number of amides is 10. The third-order valence-electron chi connectivity index (χ3n) is 12.1. The number of benzene rings is 3. The third kappa shape index (κ3) is 16.7. The van der Waals surface area contributed by atoms with E-state index in [0.717, 1.165) is 4.90 Å². The van der Waals surface area contributed by atoms with E-state index in [1.165, 1.54) is 41.1 Å². The molecule has 0 radical (unpaired) electrons. The summed E-state index contributed by atoms with van der Waals surface area (Å²) in [6, 6.07) is 15.0. The smallest absolute Gasteiger partial charge is 0.414 e. The second kappa shape index (κ2) is 26.8.